The fraction of sp³-hybridized carbons (Fsp3) is 0.526. The monoisotopic (exact) mass is 392 g/mol. The number of carbonyl (C=O) groups excluding carboxylic acids is 1. The van der Waals surface area contributed by atoms with Crippen molar-refractivity contribution in [2.24, 2.45) is 18.4 Å². The molecule has 0 radical (unpaired) electrons. The van der Waals surface area contributed by atoms with Crippen LogP contribution in [-0.2, 0) is 7.05 Å². The maximum absolute atomic E-state index is 13.6. The van der Waals surface area contributed by atoms with Gasteiger partial charge in [-0.1, -0.05) is 0 Å². The summed E-state index contributed by atoms with van der Waals surface area (Å²) >= 11 is 3.41. The van der Waals surface area contributed by atoms with Crippen molar-refractivity contribution in [3.05, 3.63) is 34.2 Å². The molecule has 0 unspecified atom stereocenters. The first-order valence-corrected chi connectivity index (χ1v) is 9.49. The number of rotatable bonds is 3. The van der Waals surface area contributed by atoms with Gasteiger partial charge in [0.1, 0.15) is 5.82 Å². The molecule has 128 valence electrons. The third kappa shape index (κ3) is 2.67. The van der Waals surface area contributed by atoms with Crippen LogP contribution in [0.4, 0.5) is 4.39 Å². The Balaban J connectivity index is 1.58. The van der Waals surface area contributed by atoms with Gasteiger partial charge in [-0.3, -0.25) is 4.79 Å². The largest absolute Gasteiger partial charge is 0.351 e. The van der Waals surface area contributed by atoms with Crippen LogP contribution in [0.2, 0.25) is 0 Å². The SMILES string of the molecule is Cn1cc(C(=O)NCC23CCC(CC2)CC3)c2c(Br)cc(F)cc21. The van der Waals surface area contributed by atoms with Gasteiger partial charge in [0.2, 0.25) is 0 Å². The van der Waals surface area contributed by atoms with E-state index in [4.69, 9.17) is 0 Å². The zero-order valence-corrected chi connectivity index (χ0v) is 15.5. The Morgan fingerprint density at radius 3 is 2.67 bits per heavy atom. The smallest absolute Gasteiger partial charge is 0.253 e. The van der Waals surface area contributed by atoms with Crippen molar-refractivity contribution in [1.29, 1.82) is 0 Å². The highest BCUT2D eigenvalue weighted by Crippen LogP contribution is 2.49. The van der Waals surface area contributed by atoms with Gasteiger partial charge in [-0.2, -0.15) is 0 Å². The molecule has 3 nitrogen and oxygen atoms in total. The molecule has 1 aromatic heterocycles. The Kier molecular flexibility index (Phi) is 3.94. The average Bonchev–Trinajstić information content (AvgIpc) is 2.92. The van der Waals surface area contributed by atoms with Gasteiger partial charge in [-0.15, -0.1) is 0 Å². The number of aryl methyl sites for hydroxylation is 1. The first-order chi connectivity index (χ1) is 11.5. The van der Waals surface area contributed by atoms with Crippen LogP contribution in [0.1, 0.15) is 48.9 Å². The van der Waals surface area contributed by atoms with Crippen molar-refractivity contribution in [3.63, 3.8) is 0 Å². The number of nitrogens with one attached hydrogen (secondary N) is 1. The van der Waals surface area contributed by atoms with Crippen LogP contribution in [0.5, 0.6) is 0 Å². The molecule has 2 bridgehead atoms. The molecule has 3 aliphatic carbocycles. The summed E-state index contributed by atoms with van der Waals surface area (Å²) in [5.41, 5.74) is 1.64. The molecule has 3 saturated carbocycles. The first kappa shape index (κ1) is 16.1. The Morgan fingerprint density at radius 2 is 2.00 bits per heavy atom. The summed E-state index contributed by atoms with van der Waals surface area (Å²) < 4.78 is 16.1. The average molecular weight is 393 g/mol. The van der Waals surface area contributed by atoms with Gasteiger partial charge in [0.05, 0.1) is 11.1 Å². The van der Waals surface area contributed by atoms with Crippen LogP contribution >= 0.6 is 15.9 Å². The Labute approximate surface area is 149 Å². The summed E-state index contributed by atoms with van der Waals surface area (Å²) in [6.45, 7) is 0.758. The van der Waals surface area contributed by atoms with E-state index in [1.54, 1.807) is 6.20 Å². The van der Waals surface area contributed by atoms with E-state index in [-0.39, 0.29) is 11.7 Å². The summed E-state index contributed by atoms with van der Waals surface area (Å²) in [5.74, 6) is 0.557. The number of aromatic nitrogens is 1. The van der Waals surface area contributed by atoms with Crippen LogP contribution in [0.15, 0.2) is 22.8 Å². The van der Waals surface area contributed by atoms with Crippen molar-refractivity contribution in [1.82, 2.24) is 9.88 Å². The van der Waals surface area contributed by atoms with Crippen LogP contribution in [-0.4, -0.2) is 17.0 Å². The van der Waals surface area contributed by atoms with E-state index in [9.17, 15) is 9.18 Å². The Bertz CT molecular complexity index is 792. The zero-order chi connectivity index (χ0) is 16.9. The van der Waals surface area contributed by atoms with E-state index in [2.05, 4.69) is 21.2 Å². The third-order valence-corrected chi connectivity index (χ3v) is 6.75. The predicted octanol–water partition coefficient (Wildman–Crippen LogP) is 4.78. The molecule has 24 heavy (non-hydrogen) atoms. The minimum absolute atomic E-state index is 0.0602. The number of nitrogens with zero attached hydrogens (tertiary/aromatic N) is 1. The van der Waals surface area contributed by atoms with E-state index in [1.807, 2.05) is 11.6 Å². The maximum atomic E-state index is 13.6. The molecule has 0 atom stereocenters. The van der Waals surface area contributed by atoms with E-state index < -0.39 is 0 Å². The number of benzene rings is 1. The minimum atomic E-state index is -0.305. The molecule has 3 aliphatic rings. The van der Waals surface area contributed by atoms with Crippen molar-refractivity contribution >= 4 is 32.7 Å². The third-order valence-electron chi connectivity index (χ3n) is 6.12. The molecule has 5 heteroatoms. The quantitative estimate of drug-likeness (QED) is 0.800. The van der Waals surface area contributed by atoms with E-state index >= 15 is 0 Å². The van der Waals surface area contributed by atoms with Gasteiger partial charge in [0.25, 0.3) is 5.91 Å². The normalized spacial score (nSPS) is 26.0. The van der Waals surface area contributed by atoms with Crippen LogP contribution in [0.3, 0.4) is 0 Å². The van der Waals surface area contributed by atoms with Gasteiger partial charge in [-0.25, -0.2) is 4.39 Å². The predicted molar refractivity (Wildman–Crippen MR) is 96.5 cm³/mol. The number of amides is 1. The summed E-state index contributed by atoms with van der Waals surface area (Å²) in [6.07, 6.45) is 9.45. The number of fused-ring (bicyclic) bond motifs is 4. The lowest BCUT2D eigenvalue weighted by atomic mass is 9.61. The zero-order valence-electron chi connectivity index (χ0n) is 13.9. The number of hydrogen-bond donors (Lipinski definition) is 1. The lowest BCUT2D eigenvalue weighted by Gasteiger charge is -2.46. The van der Waals surface area contributed by atoms with E-state index in [1.165, 1.54) is 50.7 Å². The van der Waals surface area contributed by atoms with Crippen LogP contribution in [0.25, 0.3) is 10.9 Å². The fourth-order valence-electron chi connectivity index (χ4n) is 4.57. The molecule has 1 amide bonds. The van der Waals surface area contributed by atoms with Crippen molar-refractivity contribution < 1.29 is 9.18 Å². The van der Waals surface area contributed by atoms with Crippen molar-refractivity contribution in [2.45, 2.75) is 38.5 Å². The van der Waals surface area contributed by atoms with Gasteiger partial charge in [-0.05, 0) is 77.9 Å². The van der Waals surface area contributed by atoms with Crippen molar-refractivity contribution in [3.8, 4) is 0 Å². The Hall–Kier alpha value is -1.36. The van der Waals surface area contributed by atoms with Gasteiger partial charge in [0, 0.05) is 29.6 Å². The second-order valence-corrected chi connectivity index (χ2v) is 8.45. The summed E-state index contributed by atoms with van der Waals surface area (Å²) in [4.78, 5) is 12.8. The molecule has 0 saturated heterocycles. The van der Waals surface area contributed by atoms with Crippen LogP contribution < -0.4 is 5.32 Å². The summed E-state index contributed by atoms with van der Waals surface area (Å²) in [5, 5.41) is 3.94. The second kappa shape index (κ2) is 5.87. The van der Waals surface area contributed by atoms with Gasteiger partial charge in [0.15, 0.2) is 0 Å². The lowest BCUT2D eigenvalue weighted by Crippen LogP contribution is -2.43. The molecular formula is C19H22BrFN2O. The molecule has 3 fully saturated rings. The molecule has 1 heterocycles. The summed E-state index contributed by atoms with van der Waals surface area (Å²) in [6, 6.07) is 2.89. The highest BCUT2D eigenvalue weighted by Gasteiger charge is 2.40. The molecule has 1 aromatic carbocycles. The number of hydrogen-bond acceptors (Lipinski definition) is 1. The highest BCUT2D eigenvalue weighted by molar-refractivity contribution is 9.10. The van der Waals surface area contributed by atoms with Gasteiger partial charge >= 0.3 is 0 Å². The molecule has 0 aliphatic heterocycles. The topological polar surface area (TPSA) is 34.0 Å². The van der Waals surface area contributed by atoms with Crippen LogP contribution in [0, 0.1) is 17.2 Å². The summed E-state index contributed by atoms with van der Waals surface area (Å²) in [7, 11) is 1.84. The second-order valence-electron chi connectivity index (χ2n) is 7.60. The molecule has 5 rings (SSSR count). The number of halogens is 2. The highest BCUT2D eigenvalue weighted by atomic mass is 79.9. The minimum Gasteiger partial charge on any atom is -0.351 e. The number of carbonyl (C=O) groups is 1. The molecule has 1 N–H and O–H groups in total. The fourth-order valence-corrected chi connectivity index (χ4v) is 5.21. The maximum Gasteiger partial charge on any atom is 0.253 e. The van der Waals surface area contributed by atoms with E-state index in [0.29, 0.717) is 15.5 Å². The van der Waals surface area contributed by atoms with Crippen molar-refractivity contribution in [2.75, 3.05) is 6.54 Å². The molecule has 2 aromatic rings. The lowest BCUT2D eigenvalue weighted by molar-refractivity contribution is 0.0598. The van der Waals surface area contributed by atoms with E-state index in [0.717, 1.165) is 23.4 Å². The first-order valence-electron chi connectivity index (χ1n) is 8.70. The molecular weight excluding hydrogens is 371 g/mol. The Morgan fingerprint density at radius 1 is 1.33 bits per heavy atom. The van der Waals surface area contributed by atoms with Gasteiger partial charge < -0.3 is 9.88 Å². The standard InChI is InChI=1S/C19H22BrFN2O/c1-23-10-14(17-15(20)8-13(21)9-16(17)23)18(24)22-11-19-5-2-12(3-6-19)4-7-19/h8-10,12H,2-7,11H2,1H3,(H,22,24). The molecule has 0 spiro atoms.